The van der Waals surface area contributed by atoms with Crippen LogP contribution in [0.25, 0.3) is 0 Å². The van der Waals surface area contributed by atoms with Crippen molar-refractivity contribution in [2.75, 3.05) is 16.0 Å². The molecular formula is C19H14Cl2F3N3O3. The molecule has 1 atom stereocenters. The van der Waals surface area contributed by atoms with Crippen molar-refractivity contribution >= 4 is 58.0 Å². The monoisotopic (exact) mass is 459 g/mol. The lowest BCUT2D eigenvalue weighted by molar-refractivity contribution is -0.117. The summed E-state index contributed by atoms with van der Waals surface area (Å²) in [5, 5.41) is 6.54. The van der Waals surface area contributed by atoms with Crippen molar-refractivity contribution in [3.05, 3.63) is 53.3 Å². The summed E-state index contributed by atoms with van der Waals surface area (Å²) in [7, 11) is 0. The number of halogens is 5. The first-order valence-corrected chi connectivity index (χ1v) is 9.30. The lowest BCUT2D eigenvalue weighted by Crippen LogP contribution is -2.19. The maximum Gasteiger partial charge on any atom is 0.258 e. The molecule has 2 aromatic carbocycles. The summed E-state index contributed by atoms with van der Waals surface area (Å²) in [6.07, 6.45) is 0.250. The van der Waals surface area contributed by atoms with E-state index in [1.807, 2.05) is 5.32 Å². The molecule has 1 aliphatic rings. The van der Waals surface area contributed by atoms with E-state index in [4.69, 9.17) is 23.2 Å². The molecule has 30 heavy (non-hydrogen) atoms. The molecule has 3 amide bonds. The van der Waals surface area contributed by atoms with E-state index >= 15 is 0 Å². The van der Waals surface area contributed by atoms with Gasteiger partial charge in [0.15, 0.2) is 5.82 Å². The third kappa shape index (κ3) is 4.68. The third-order valence-corrected chi connectivity index (χ3v) is 5.10. The molecule has 6 nitrogen and oxygen atoms in total. The van der Waals surface area contributed by atoms with E-state index in [-0.39, 0.29) is 17.8 Å². The van der Waals surface area contributed by atoms with Gasteiger partial charge in [-0.25, -0.2) is 13.2 Å². The number of rotatable bonds is 5. The Hall–Kier alpha value is -2.78. The Morgan fingerprint density at radius 1 is 1.00 bits per heavy atom. The number of alkyl halides is 2. The van der Waals surface area contributed by atoms with E-state index in [1.165, 1.54) is 6.07 Å². The van der Waals surface area contributed by atoms with Crippen molar-refractivity contribution < 1.29 is 27.6 Å². The van der Waals surface area contributed by atoms with Crippen LogP contribution in [0.15, 0.2) is 30.3 Å². The molecule has 1 aliphatic carbocycles. The number of nitrogens with one attached hydrogen (secondary N) is 3. The minimum Gasteiger partial charge on any atom is -0.326 e. The molecule has 0 heterocycles. The largest absolute Gasteiger partial charge is 0.326 e. The molecule has 158 valence electrons. The second-order valence-corrected chi connectivity index (χ2v) is 8.16. The zero-order valence-electron chi connectivity index (χ0n) is 15.3. The van der Waals surface area contributed by atoms with Gasteiger partial charge in [0, 0.05) is 12.6 Å². The highest BCUT2D eigenvalue weighted by Crippen LogP contribution is 2.53. The van der Waals surface area contributed by atoms with E-state index in [0.717, 1.165) is 31.2 Å². The number of hydrogen-bond donors (Lipinski definition) is 3. The Kier molecular flexibility index (Phi) is 5.96. The predicted octanol–water partition coefficient (Wildman–Crippen LogP) is 4.45. The summed E-state index contributed by atoms with van der Waals surface area (Å²) in [5.74, 6) is -6.30. The summed E-state index contributed by atoms with van der Waals surface area (Å²) >= 11 is 11.6. The van der Waals surface area contributed by atoms with Crippen molar-refractivity contribution in [2.24, 2.45) is 5.92 Å². The van der Waals surface area contributed by atoms with Gasteiger partial charge in [0.1, 0.15) is 21.7 Å². The molecule has 0 aromatic heterocycles. The van der Waals surface area contributed by atoms with E-state index < -0.39 is 56.7 Å². The molecule has 0 spiro atoms. The van der Waals surface area contributed by atoms with Crippen LogP contribution in [-0.4, -0.2) is 22.1 Å². The normalized spacial score (nSPS) is 16.5. The average molecular weight is 460 g/mol. The fourth-order valence-corrected chi connectivity index (χ4v) is 3.15. The average Bonchev–Trinajstić information content (AvgIpc) is 3.30. The van der Waals surface area contributed by atoms with Crippen LogP contribution in [-0.2, 0) is 9.59 Å². The summed E-state index contributed by atoms with van der Waals surface area (Å²) in [4.78, 5) is 35.6. The minimum atomic E-state index is -1.24. The van der Waals surface area contributed by atoms with Crippen LogP contribution < -0.4 is 16.0 Å². The van der Waals surface area contributed by atoms with Gasteiger partial charge >= 0.3 is 0 Å². The Morgan fingerprint density at radius 3 is 2.23 bits per heavy atom. The van der Waals surface area contributed by atoms with Crippen molar-refractivity contribution in [3.8, 4) is 0 Å². The van der Waals surface area contributed by atoms with Crippen LogP contribution in [0.2, 0.25) is 0 Å². The lowest BCUT2D eigenvalue weighted by atomic mass is 10.1. The highest BCUT2D eigenvalue weighted by Gasteiger charge is 2.56. The third-order valence-electron chi connectivity index (χ3n) is 4.26. The molecule has 3 rings (SSSR count). The SMILES string of the molecule is CC(=O)Nc1ccc(F)c(NC(=O)c2cc(NC(=O)[C@H]3CC3(Cl)Cl)ccc2F)c1F. The van der Waals surface area contributed by atoms with Crippen molar-refractivity contribution in [3.63, 3.8) is 0 Å². The maximum absolute atomic E-state index is 14.4. The summed E-state index contributed by atoms with van der Waals surface area (Å²) < 4.78 is 41.4. The van der Waals surface area contributed by atoms with E-state index in [2.05, 4.69) is 10.6 Å². The van der Waals surface area contributed by atoms with Gasteiger partial charge in [-0.1, -0.05) is 0 Å². The Bertz CT molecular complexity index is 1060. The fraction of sp³-hybridized carbons (Fsp3) is 0.211. The predicted molar refractivity (Wildman–Crippen MR) is 106 cm³/mol. The van der Waals surface area contributed by atoms with Gasteiger partial charge in [-0.2, -0.15) is 0 Å². The van der Waals surface area contributed by atoms with Crippen LogP contribution in [0.1, 0.15) is 23.7 Å². The number of hydrogen-bond acceptors (Lipinski definition) is 3. The number of anilines is 3. The van der Waals surface area contributed by atoms with Gasteiger partial charge in [0.25, 0.3) is 5.91 Å². The molecule has 0 radical (unpaired) electrons. The summed E-state index contributed by atoms with van der Waals surface area (Å²) in [5.41, 5.74) is -1.74. The van der Waals surface area contributed by atoms with Crippen LogP contribution in [0.4, 0.5) is 30.2 Å². The van der Waals surface area contributed by atoms with Crippen LogP contribution >= 0.6 is 23.2 Å². The second kappa shape index (κ2) is 8.16. The topological polar surface area (TPSA) is 87.3 Å². The fourth-order valence-electron chi connectivity index (χ4n) is 2.64. The molecule has 11 heteroatoms. The van der Waals surface area contributed by atoms with Gasteiger partial charge in [-0.05, 0) is 36.8 Å². The van der Waals surface area contributed by atoms with Gasteiger partial charge in [-0.3, -0.25) is 14.4 Å². The van der Waals surface area contributed by atoms with Gasteiger partial charge in [0.2, 0.25) is 11.8 Å². The maximum atomic E-state index is 14.4. The van der Waals surface area contributed by atoms with Gasteiger partial charge < -0.3 is 16.0 Å². The molecule has 1 saturated carbocycles. The van der Waals surface area contributed by atoms with Gasteiger partial charge in [-0.15, -0.1) is 23.2 Å². The quantitative estimate of drug-likeness (QED) is 0.577. The molecule has 0 unspecified atom stereocenters. The molecular weight excluding hydrogens is 446 g/mol. The smallest absolute Gasteiger partial charge is 0.258 e. The first kappa shape index (κ1) is 21.9. The molecule has 0 bridgehead atoms. The van der Waals surface area contributed by atoms with E-state index in [1.54, 1.807) is 0 Å². The Labute approximate surface area is 178 Å². The molecule has 2 aromatic rings. The molecule has 0 saturated heterocycles. The first-order valence-electron chi connectivity index (χ1n) is 8.55. The summed E-state index contributed by atoms with van der Waals surface area (Å²) in [6.45, 7) is 1.12. The number of benzene rings is 2. The Balaban J connectivity index is 1.82. The first-order chi connectivity index (χ1) is 14.0. The standard InChI is InChI=1S/C19H14Cl2F3N3O3/c1-8(28)25-14-5-4-13(23)16(15(14)24)27-17(29)10-6-9(2-3-12(10)22)26-18(30)11-7-19(11,20)21/h2-6,11H,7H2,1H3,(H,25,28)(H,26,30)(H,27,29)/t11-/m1/s1. The molecule has 1 fully saturated rings. The number of amides is 3. The molecule has 0 aliphatic heterocycles. The highest BCUT2D eigenvalue weighted by molar-refractivity contribution is 6.52. The zero-order chi connectivity index (χ0) is 22.2. The second-order valence-electron chi connectivity index (χ2n) is 6.62. The molecule has 3 N–H and O–H groups in total. The van der Waals surface area contributed by atoms with Crippen molar-refractivity contribution in [2.45, 2.75) is 17.7 Å². The summed E-state index contributed by atoms with van der Waals surface area (Å²) in [6, 6.07) is 4.92. The van der Waals surface area contributed by atoms with Crippen molar-refractivity contribution in [1.29, 1.82) is 0 Å². The zero-order valence-corrected chi connectivity index (χ0v) is 16.8. The van der Waals surface area contributed by atoms with Gasteiger partial charge in [0.05, 0.1) is 17.2 Å². The van der Waals surface area contributed by atoms with E-state index in [0.29, 0.717) is 0 Å². The van der Waals surface area contributed by atoms with Crippen LogP contribution in [0.5, 0.6) is 0 Å². The Morgan fingerprint density at radius 2 is 1.63 bits per heavy atom. The van der Waals surface area contributed by atoms with Crippen LogP contribution in [0.3, 0.4) is 0 Å². The minimum absolute atomic E-state index is 0.0653. The highest BCUT2D eigenvalue weighted by atomic mass is 35.5. The van der Waals surface area contributed by atoms with E-state index in [9.17, 15) is 27.6 Å². The number of carbonyl (C=O) groups excluding carboxylic acids is 3. The van der Waals surface area contributed by atoms with Crippen molar-refractivity contribution in [1.82, 2.24) is 0 Å². The van der Waals surface area contributed by atoms with Crippen LogP contribution in [0, 0.1) is 23.4 Å². The number of carbonyl (C=O) groups is 3. The lowest BCUT2D eigenvalue weighted by Gasteiger charge is -2.13.